The average Bonchev–Trinajstić information content (AvgIpc) is 2.90. The van der Waals surface area contributed by atoms with Gasteiger partial charge in [-0.1, -0.05) is 13.0 Å². The van der Waals surface area contributed by atoms with Crippen LogP contribution in [0.25, 0.3) is 11.5 Å². The summed E-state index contributed by atoms with van der Waals surface area (Å²) in [7, 11) is 0. The maximum atomic E-state index is 13.6. The zero-order chi connectivity index (χ0) is 14.4. The summed E-state index contributed by atoms with van der Waals surface area (Å²) in [4.78, 5) is 0. The van der Waals surface area contributed by atoms with Gasteiger partial charge in [0, 0.05) is 6.42 Å². The number of hydrogen-bond acceptors (Lipinski definition) is 4. The highest BCUT2D eigenvalue weighted by atomic mass is 19.2. The van der Waals surface area contributed by atoms with Gasteiger partial charge >= 0.3 is 0 Å². The Hall–Kier alpha value is -1.82. The molecule has 1 aromatic carbocycles. The third-order valence-electron chi connectivity index (χ3n) is 2.82. The van der Waals surface area contributed by atoms with Crippen LogP contribution in [-0.4, -0.2) is 23.3 Å². The number of halogens is 2. The van der Waals surface area contributed by atoms with Gasteiger partial charge < -0.3 is 9.73 Å². The number of nitrogens with zero attached hydrogens (tertiary/aromatic N) is 2. The first kappa shape index (κ1) is 14.6. The first-order chi connectivity index (χ1) is 9.72. The second kappa shape index (κ2) is 7.09. The largest absolute Gasteiger partial charge is 0.421 e. The Morgan fingerprint density at radius 1 is 1.20 bits per heavy atom. The van der Waals surface area contributed by atoms with Gasteiger partial charge in [0.25, 0.3) is 5.89 Å². The lowest BCUT2D eigenvalue weighted by Gasteiger charge is -2.00. The second-order valence-corrected chi connectivity index (χ2v) is 4.46. The Kier molecular flexibility index (Phi) is 5.17. The third kappa shape index (κ3) is 3.60. The van der Waals surface area contributed by atoms with Gasteiger partial charge in [-0.05, 0) is 38.1 Å². The van der Waals surface area contributed by atoms with Gasteiger partial charge in [-0.15, -0.1) is 10.2 Å². The first-order valence-electron chi connectivity index (χ1n) is 6.70. The van der Waals surface area contributed by atoms with E-state index in [1.54, 1.807) is 0 Å². The fourth-order valence-electron chi connectivity index (χ4n) is 1.80. The summed E-state index contributed by atoms with van der Waals surface area (Å²) in [6.07, 6.45) is 2.55. The summed E-state index contributed by atoms with van der Waals surface area (Å²) >= 11 is 0. The second-order valence-electron chi connectivity index (χ2n) is 4.46. The lowest BCUT2D eigenvalue weighted by atomic mass is 10.2. The highest BCUT2D eigenvalue weighted by molar-refractivity contribution is 5.53. The summed E-state index contributed by atoms with van der Waals surface area (Å²) in [6.45, 7) is 3.94. The van der Waals surface area contributed by atoms with Gasteiger partial charge in [-0.2, -0.15) is 0 Å². The molecular weight excluding hydrogens is 264 g/mol. The molecule has 0 saturated heterocycles. The smallest absolute Gasteiger partial charge is 0.250 e. The van der Waals surface area contributed by atoms with Gasteiger partial charge in [0.2, 0.25) is 5.89 Å². The van der Waals surface area contributed by atoms with E-state index in [-0.39, 0.29) is 11.5 Å². The molecule has 0 aliphatic rings. The van der Waals surface area contributed by atoms with E-state index in [9.17, 15) is 8.78 Å². The average molecular weight is 281 g/mol. The van der Waals surface area contributed by atoms with Crippen molar-refractivity contribution >= 4 is 0 Å². The van der Waals surface area contributed by atoms with Crippen molar-refractivity contribution in [1.29, 1.82) is 0 Å². The molecule has 1 N–H and O–H groups in total. The van der Waals surface area contributed by atoms with Crippen LogP contribution < -0.4 is 5.32 Å². The zero-order valence-corrected chi connectivity index (χ0v) is 11.3. The Bertz CT molecular complexity index is 557. The summed E-state index contributed by atoms with van der Waals surface area (Å²) in [5, 5.41) is 10.9. The van der Waals surface area contributed by atoms with Crippen molar-refractivity contribution in [3.05, 3.63) is 35.7 Å². The van der Waals surface area contributed by atoms with E-state index in [4.69, 9.17) is 4.42 Å². The minimum atomic E-state index is -0.965. The van der Waals surface area contributed by atoms with Gasteiger partial charge in [0.1, 0.15) is 0 Å². The molecule has 2 aromatic rings. The molecule has 0 atom stereocenters. The van der Waals surface area contributed by atoms with Crippen molar-refractivity contribution in [3.8, 4) is 11.5 Å². The lowest BCUT2D eigenvalue weighted by Crippen LogP contribution is -2.16. The quantitative estimate of drug-likeness (QED) is 0.793. The van der Waals surface area contributed by atoms with Crippen LogP contribution in [-0.2, 0) is 6.42 Å². The molecule has 6 heteroatoms. The zero-order valence-electron chi connectivity index (χ0n) is 11.3. The monoisotopic (exact) mass is 281 g/mol. The van der Waals surface area contributed by atoms with Crippen molar-refractivity contribution in [3.63, 3.8) is 0 Å². The standard InChI is InChI=1S/C14H17F2N3O/c1-2-8-17-9-4-7-12-18-19-14(20-12)10-5-3-6-11(15)13(10)16/h3,5-6,17H,2,4,7-9H2,1H3. The number of aryl methyl sites for hydroxylation is 1. The van der Waals surface area contributed by atoms with Crippen LogP contribution in [0.4, 0.5) is 8.78 Å². The molecule has 0 aliphatic carbocycles. The van der Waals surface area contributed by atoms with Gasteiger partial charge in [0.15, 0.2) is 11.6 Å². The Labute approximate surface area is 116 Å². The Morgan fingerprint density at radius 2 is 2.05 bits per heavy atom. The van der Waals surface area contributed by atoms with Crippen LogP contribution in [0.3, 0.4) is 0 Å². The molecule has 0 radical (unpaired) electrons. The fourth-order valence-corrected chi connectivity index (χ4v) is 1.80. The van der Waals surface area contributed by atoms with Gasteiger partial charge in [-0.3, -0.25) is 0 Å². The molecule has 1 heterocycles. The Morgan fingerprint density at radius 3 is 2.85 bits per heavy atom. The highest BCUT2D eigenvalue weighted by Crippen LogP contribution is 2.23. The summed E-state index contributed by atoms with van der Waals surface area (Å²) in [5.74, 6) is -1.45. The van der Waals surface area contributed by atoms with Crippen LogP contribution in [0, 0.1) is 11.6 Å². The summed E-state index contributed by atoms with van der Waals surface area (Å²) < 4.78 is 32.1. The summed E-state index contributed by atoms with van der Waals surface area (Å²) in [6, 6.07) is 3.88. The molecule has 0 aliphatic heterocycles. The van der Waals surface area contributed by atoms with Crippen LogP contribution in [0.2, 0.25) is 0 Å². The molecule has 108 valence electrons. The molecule has 1 aromatic heterocycles. The molecule has 0 amide bonds. The molecule has 4 nitrogen and oxygen atoms in total. The van der Waals surface area contributed by atoms with Crippen LogP contribution in [0.1, 0.15) is 25.7 Å². The number of aromatic nitrogens is 2. The van der Waals surface area contributed by atoms with E-state index in [1.165, 1.54) is 12.1 Å². The fraction of sp³-hybridized carbons (Fsp3) is 0.429. The first-order valence-corrected chi connectivity index (χ1v) is 6.70. The van der Waals surface area contributed by atoms with Crippen LogP contribution in [0.15, 0.2) is 22.6 Å². The van der Waals surface area contributed by atoms with Crippen LogP contribution >= 0.6 is 0 Å². The number of rotatable bonds is 7. The van der Waals surface area contributed by atoms with Gasteiger partial charge in [0.05, 0.1) is 5.56 Å². The normalized spacial score (nSPS) is 10.9. The van der Waals surface area contributed by atoms with Crippen molar-refractivity contribution in [2.24, 2.45) is 0 Å². The number of nitrogens with one attached hydrogen (secondary N) is 1. The van der Waals surface area contributed by atoms with Crippen molar-refractivity contribution < 1.29 is 13.2 Å². The maximum Gasteiger partial charge on any atom is 0.250 e. The van der Waals surface area contributed by atoms with E-state index in [0.717, 1.165) is 32.0 Å². The SMILES string of the molecule is CCCNCCCc1nnc(-c2cccc(F)c2F)o1. The van der Waals surface area contributed by atoms with Crippen molar-refractivity contribution in [2.45, 2.75) is 26.2 Å². The number of benzene rings is 1. The topological polar surface area (TPSA) is 51.0 Å². The van der Waals surface area contributed by atoms with E-state index in [1.807, 2.05) is 0 Å². The summed E-state index contributed by atoms with van der Waals surface area (Å²) in [5.41, 5.74) is -0.00661. The van der Waals surface area contributed by atoms with E-state index < -0.39 is 11.6 Å². The van der Waals surface area contributed by atoms with Gasteiger partial charge in [-0.25, -0.2) is 8.78 Å². The number of hydrogen-bond donors (Lipinski definition) is 1. The van der Waals surface area contributed by atoms with Crippen LogP contribution in [0.5, 0.6) is 0 Å². The predicted octanol–water partition coefficient (Wildman–Crippen LogP) is 2.95. The molecule has 2 rings (SSSR count). The highest BCUT2D eigenvalue weighted by Gasteiger charge is 2.15. The molecule has 20 heavy (non-hydrogen) atoms. The predicted molar refractivity (Wildman–Crippen MR) is 71.1 cm³/mol. The van der Waals surface area contributed by atoms with E-state index >= 15 is 0 Å². The van der Waals surface area contributed by atoms with E-state index in [2.05, 4.69) is 22.4 Å². The van der Waals surface area contributed by atoms with Crippen molar-refractivity contribution in [2.75, 3.05) is 13.1 Å². The lowest BCUT2D eigenvalue weighted by molar-refractivity contribution is 0.479. The maximum absolute atomic E-state index is 13.6. The molecule has 0 bridgehead atoms. The molecule has 0 saturated carbocycles. The molecule has 0 spiro atoms. The minimum absolute atomic E-state index is 0.00661. The van der Waals surface area contributed by atoms with Crippen molar-refractivity contribution in [1.82, 2.24) is 15.5 Å². The van der Waals surface area contributed by atoms with E-state index in [0.29, 0.717) is 12.3 Å². The molecule has 0 unspecified atom stereocenters. The molecule has 0 fully saturated rings. The minimum Gasteiger partial charge on any atom is -0.421 e. The Balaban J connectivity index is 1.97. The third-order valence-corrected chi connectivity index (χ3v) is 2.82. The molecular formula is C14H17F2N3O.